The van der Waals surface area contributed by atoms with Gasteiger partial charge in [0, 0.05) is 31.7 Å². The summed E-state index contributed by atoms with van der Waals surface area (Å²) in [5.74, 6) is -1.27. The van der Waals surface area contributed by atoms with E-state index in [9.17, 15) is 66.1 Å². The van der Waals surface area contributed by atoms with E-state index in [1.165, 1.54) is 25.2 Å². The van der Waals surface area contributed by atoms with Crippen molar-refractivity contribution in [3.8, 4) is 0 Å². The lowest BCUT2D eigenvalue weighted by Gasteiger charge is -2.40. The van der Waals surface area contributed by atoms with Gasteiger partial charge < -0.3 is 81.8 Å². The van der Waals surface area contributed by atoms with Gasteiger partial charge in [-0.1, -0.05) is 38.2 Å². The molecule has 1 rings (SSSR count). The van der Waals surface area contributed by atoms with Crippen LogP contribution >= 0.6 is 0 Å². The second kappa shape index (κ2) is 27.5. The van der Waals surface area contributed by atoms with Crippen LogP contribution in [0, 0.1) is 11.3 Å². The van der Waals surface area contributed by atoms with Crippen molar-refractivity contribution in [2.24, 2.45) is 11.7 Å². The van der Waals surface area contributed by atoms with Crippen molar-refractivity contribution >= 4 is 11.7 Å². The summed E-state index contributed by atoms with van der Waals surface area (Å²) in [6.45, 7) is 5.29. The molecule has 16 atom stereocenters. The van der Waals surface area contributed by atoms with Gasteiger partial charge in [0.05, 0.1) is 67.1 Å². The van der Waals surface area contributed by atoms with Gasteiger partial charge >= 0.3 is 0 Å². The Hall–Kier alpha value is -2.14. The average molecular weight is 810 g/mol. The summed E-state index contributed by atoms with van der Waals surface area (Å²) in [6.07, 6.45) is -10.00. The first-order valence-corrected chi connectivity index (χ1v) is 19.6. The van der Waals surface area contributed by atoms with Gasteiger partial charge in [-0.2, -0.15) is 0 Å². The second-order valence-electron chi connectivity index (χ2n) is 15.2. The Morgan fingerprint density at radius 1 is 0.750 bits per heavy atom. The molecule has 0 aromatic carbocycles. The third kappa shape index (κ3) is 21.6. The van der Waals surface area contributed by atoms with E-state index in [2.05, 4.69) is 5.32 Å². The quantitative estimate of drug-likeness (QED) is 0.0167. The molecule has 1 aliphatic rings. The Labute approximate surface area is 329 Å². The first kappa shape index (κ1) is 51.9. The average Bonchev–Trinajstić information content (AvgIpc) is 3.09. The number of rotatable bonds is 29. The number of nitrogens with two attached hydrogens (primary N) is 1. The Balaban J connectivity index is 2.35. The van der Waals surface area contributed by atoms with Crippen LogP contribution in [0.15, 0.2) is 24.3 Å². The number of hydrogen-bond donors (Lipinski definition) is 15. The highest BCUT2D eigenvalue weighted by Crippen LogP contribution is 2.26. The lowest BCUT2D eigenvalue weighted by Crippen LogP contribution is -2.58. The van der Waals surface area contributed by atoms with Gasteiger partial charge in [-0.05, 0) is 64.7 Å². The lowest BCUT2D eigenvalue weighted by atomic mass is 9.91. The van der Waals surface area contributed by atoms with E-state index in [-0.39, 0.29) is 69.5 Å². The number of aliphatic hydroxyl groups is 12. The van der Waals surface area contributed by atoms with Gasteiger partial charge in [-0.3, -0.25) is 10.2 Å². The van der Waals surface area contributed by atoms with Gasteiger partial charge in [0.25, 0.3) is 0 Å². The van der Waals surface area contributed by atoms with Crippen molar-refractivity contribution in [1.82, 2.24) is 5.32 Å². The van der Waals surface area contributed by atoms with Crippen LogP contribution in [0.3, 0.4) is 0 Å². The normalized spacial score (nSPS) is 26.5. The molecular formula is C38H71N3O15. The molecule has 0 radical (unpaired) electrons. The Morgan fingerprint density at radius 3 is 1.75 bits per heavy atom. The van der Waals surface area contributed by atoms with Gasteiger partial charge in [0.1, 0.15) is 24.1 Å². The summed E-state index contributed by atoms with van der Waals surface area (Å²) in [6, 6.07) is 0. The van der Waals surface area contributed by atoms with Gasteiger partial charge in [-0.25, -0.2) is 0 Å². The minimum atomic E-state index is -1.53. The van der Waals surface area contributed by atoms with Crippen molar-refractivity contribution < 1.29 is 75.5 Å². The van der Waals surface area contributed by atoms with E-state index in [0.717, 1.165) is 0 Å². The van der Waals surface area contributed by atoms with Gasteiger partial charge in [-0.15, -0.1) is 0 Å². The maximum Gasteiger partial charge on any atom is 0.186 e. The number of carbonyl (C=O) groups excluding carboxylic acids is 1. The molecule has 1 saturated heterocycles. The van der Waals surface area contributed by atoms with E-state index >= 15 is 0 Å². The highest BCUT2D eigenvalue weighted by molar-refractivity contribution is 5.81. The van der Waals surface area contributed by atoms with Crippen LogP contribution in [0.5, 0.6) is 0 Å². The van der Waals surface area contributed by atoms with Crippen molar-refractivity contribution in [1.29, 1.82) is 5.41 Å². The Morgan fingerprint density at radius 2 is 1.23 bits per heavy atom. The van der Waals surface area contributed by atoms with Crippen molar-refractivity contribution in [2.75, 3.05) is 6.54 Å². The smallest absolute Gasteiger partial charge is 0.186 e. The van der Waals surface area contributed by atoms with E-state index in [1.54, 1.807) is 19.9 Å². The third-order valence-electron chi connectivity index (χ3n) is 9.79. The van der Waals surface area contributed by atoms with Crippen molar-refractivity contribution in [3.63, 3.8) is 0 Å². The Bertz CT molecular complexity index is 1150. The fraction of sp³-hybridized carbons (Fsp3) is 0.842. The molecule has 1 fully saturated rings. The van der Waals surface area contributed by atoms with Crippen LogP contribution in [0.4, 0.5) is 0 Å². The number of ketones is 1. The fourth-order valence-electron chi connectivity index (χ4n) is 6.49. The monoisotopic (exact) mass is 809 g/mol. The number of guanidine groups is 1. The minimum absolute atomic E-state index is 0.0507. The molecule has 16 N–H and O–H groups in total. The largest absolute Gasteiger partial charge is 0.393 e. The number of Topliss-reactive ketones (excluding diaryl/α,β-unsaturated/α-hetero) is 1. The zero-order chi connectivity index (χ0) is 42.5. The second-order valence-corrected chi connectivity index (χ2v) is 15.2. The van der Waals surface area contributed by atoms with Crippen molar-refractivity contribution in [2.45, 2.75) is 190 Å². The topological polar surface area (TPSA) is 340 Å². The first-order chi connectivity index (χ1) is 26.2. The number of nitrogens with one attached hydrogen (secondary N) is 2. The predicted molar refractivity (Wildman–Crippen MR) is 205 cm³/mol. The van der Waals surface area contributed by atoms with E-state index in [4.69, 9.17) is 20.6 Å². The summed E-state index contributed by atoms with van der Waals surface area (Å²) in [7, 11) is 0. The van der Waals surface area contributed by atoms with Crippen LogP contribution < -0.4 is 11.1 Å². The fourth-order valence-corrected chi connectivity index (χ4v) is 6.49. The predicted octanol–water partition coefficient (Wildman–Crippen LogP) is -2.05. The number of ether oxygens (including phenoxy) is 2. The highest BCUT2D eigenvalue weighted by Gasteiger charge is 2.44. The molecule has 0 spiro atoms. The third-order valence-corrected chi connectivity index (χ3v) is 9.79. The van der Waals surface area contributed by atoms with Gasteiger partial charge in [0.2, 0.25) is 0 Å². The molecule has 18 heteroatoms. The maximum atomic E-state index is 12.9. The standard InChI is InChI=1S/C38H71N3O15/c1-4-33(56-37-36(54)35(53)34(52)22(3)55-37)21(2)32(51)20-31(50)19-30(49)17-26(45)11-6-10-25(44)16-29(48)18-28(47)15-24(43)9-5-8-23(42)14-27(46)12-7-13-41-38(39)40/h5-6,9,11,21-31,33-37,42-50,52-54H,4,7-8,10,12-20H2,1-3H3,(H4,39,40,41)/b9-5+,11-6+. The van der Waals surface area contributed by atoms with Crippen LogP contribution in [0.2, 0.25) is 0 Å². The summed E-state index contributed by atoms with van der Waals surface area (Å²) < 4.78 is 11.2. The molecule has 0 amide bonds. The zero-order valence-electron chi connectivity index (χ0n) is 32.9. The van der Waals surface area contributed by atoms with E-state index in [0.29, 0.717) is 25.8 Å². The molecule has 18 nitrogen and oxygen atoms in total. The van der Waals surface area contributed by atoms with Gasteiger partial charge in [0.15, 0.2) is 12.2 Å². The van der Waals surface area contributed by atoms with E-state index in [1.807, 2.05) is 0 Å². The molecule has 0 saturated carbocycles. The molecule has 16 unspecified atom stereocenters. The molecule has 1 heterocycles. The minimum Gasteiger partial charge on any atom is -0.393 e. The maximum absolute atomic E-state index is 12.9. The molecule has 0 aromatic rings. The first-order valence-electron chi connectivity index (χ1n) is 19.6. The molecule has 328 valence electrons. The number of aliphatic hydroxyl groups excluding tert-OH is 12. The zero-order valence-corrected chi connectivity index (χ0v) is 32.9. The number of carbonyl (C=O) groups is 1. The van der Waals surface area contributed by atoms with E-state index < -0.39 is 97.7 Å². The van der Waals surface area contributed by atoms with Crippen molar-refractivity contribution in [3.05, 3.63) is 24.3 Å². The summed E-state index contributed by atoms with van der Waals surface area (Å²) in [4.78, 5) is 12.9. The molecular weight excluding hydrogens is 738 g/mol. The highest BCUT2D eigenvalue weighted by atomic mass is 16.7. The molecule has 1 aliphatic heterocycles. The summed E-state index contributed by atoms with van der Waals surface area (Å²) >= 11 is 0. The lowest BCUT2D eigenvalue weighted by molar-refractivity contribution is -0.306. The molecule has 0 aliphatic carbocycles. The van der Waals surface area contributed by atoms with Crippen LogP contribution in [-0.4, -0.2) is 171 Å². The van der Waals surface area contributed by atoms with Crippen LogP contribution in [0.1, 0.15) is 97.8 Å². The Kier molecular flexibility index (Phi) is 25.5. The SMILES string of the molecule is CCC(OC1OC(C)C(O)C(O)C1O)C(C)C(=O)CC(O)CC(O)CC(O)/C=C/CC(O)CC(O)CC(O)CC(O)/C=C/CC(O)CC(O)CCCNC(=N)N. The van der Waals surface area contributed by atoms with Crippen LogP contribution in [0.25, 0.3) is 0 Å². The molecule has 56 heavy (non-hydrogen) atoms. The summed E-state index contributed by atoms with van der Waals surface area (Å²) in [5.41, 5.74) is 5.19. The number of hydrogen-bond acceptors (Lipinski definition) is 16. The molecule has 0 bridgehead atoms. The van der Waals surface area contributed by atoms with Crippen LogP contribution in [-0.2, 0) is 14.3 Å². The summed E-state index contributed by atoms with van der Waals surface area (Å²) in [5, 5.41) is 132. The molecule has 0 aromatic heterocycles.